The standard InChI is InChI=1S/C7H15NO/c8-5-4-7(9)6-2-1-3-6/h6-7,9H,1-5,8H2/t7-/m0/s1. The fourth-order valence-electron chi connectivity index (χ4n) is 1.23. The molecule has 3 N–H and O–H groups in total. The Bertz CT molecular complexity index is 81.0. The van der Waals surface area contributed by atoms with Crippen molar-refractivity contribution in [2.75, 3.05) is 6.54 Å². The van der Waals surface area contributed by atoms with Gasteiger partial charge in [-0.3, -0.25) is 0 Å². The molecule has 0 amide bonds. The van der Waals surface area contributed by atoms with Gasteiger partial charge in [0.1, 0.15) is 0 Å². The molecule has 1 atom stereocenters. The van der Waals surface area contributed by atoms with E-state index in [9.17, 15) is 5.11 Å². The first kappa shape index (κ1) is 7.03. The van der Waals surface area contributed by atoms with Gasteiger partial charge in [-0.25, -0.2) is 0 Å². The van der Waals surface area contributed by atoms with Crippen molar-refractivity contribution in [3.63, 3.8) is 0 Å². The topological polar surface area (TPSA) is 46.2 Å². The van der Waals surface area contributed by atoms with Crippen molar-refractivity contribution in [3.8, 4) is 0 Å². The number of hydrogen-bond acceptors (Lipinski definition) is 2. The Kier molecular flexibility index (Phi) is 2.49. The molecule has 54 valence electrons. The fraction of sp³-hybridized carbons (Fsp3) is 1.00. The zero-order chi connectivity index (χ0) is 6.69. The van der Waals surface area contributed by atoms with Gasteiger partial charge in [0.15, 0.2) is 0 Å². The molecule has 0 aliphatic heterocycles. The first-order valence-corrected chi connectivity index (χ1v) is 3.72. The maximum absolute atomic E-state index is 9.29. The zero-order valence-electron chi connectivity index (χ0n) is 5.71. The summed E-state index contributed by atoms with van der Waals surface area (Å²) in [6, 6.07) is 0. The summed E-state index contributed by atoms with van der Waals surface area (Å²) < 4.78 is 0. The average Bonchev–Trinajstić information content (AvgIpc) is 1.60. The molecule has 1 fully saturated rings. The molecular formula is C7H15NO. The van der Waals surface area contributed by atoms with Crippen molar-refractivity contribution >= 4 is 0 Å². The molecule has 1 aliphatic carbocycles. The summed E-state index contributed by atoms with van der Waals surface area (Å²) >= 11 is 0. The lowest BCUT2D eigenvalue weighted by Gasteiger charge is -2.29. The summed E-state index contributed by atoms with van der Waals surface area (Å²) in [6.45, 7) is 0.623. The van der Waals surface area contributed by atoms with E-state index in [1.807, 2.05) is 0 Å². The van der Waals surface area contributed by atoms with Gasteiger partial charge in [0, 0.05) is 0 Å². The average molecular weight is 129 g/mol. The normalized spacial score (nSPS) is 23.3. The Labute approximate surface area is 56.1 Å². The first-order chi connectivity index (χ1) is 4.34. The first-order valence-electron chi connectivity index (χ1n) is 3.72. The van der Waals surface area contributed by atoms with Crippen LogP contribution in [0, 0.1) is 5.92 Å². The molecule has 1 aliphatic rings. The molecule has 0 radical (unpaired) electrons. The maximum Gasteiger partial charge on any atom is 0.0580 e. The van der Waals surface area contributed by atoms with Crippen LogP contribution < -0.4 is 5.73 Å². The van der Waals surface area contributed by atoms with Crippen LogP contribution >= 0.6 is 0 Å². The molecule has 2 nitrogen and oxygen atoms in total. The van der Waals surface area contributed by atoms with E-state index in [1.54, 1.807) is 0 Å². The van der Waals surface area contributed by atoms with Crippen LogP contribution in [-0.2, 0) is 0 Å². The van der Waals surface area contributed by atoms with Crippen LogP contribution in [0.25, 0.3) is 0 Å². The third-order valence-corrected chi connectivity index (χ3v) is 2.16. The van der Waals surface area contributed by atoms with Gasteiger partial charge in [0.25, 0.3) is 0 Å². The summed E-state index contributed by atoms with van der Waals surface area (Å²) in [5.41, 5.74) is 5.29. The van der Waals surface area contributed by atoms with E-state index >= 15 is 0 Å². The molecule has 0 aromatic rings. The van der Waals surface area contributed by atoms with Gasteiger partial charge >= 0.3 is 0 Å². The van der Waals surface area contributed by atoms with Gasteiger partial charge in [0.2, 0.25) is 0 Å². The Balaban J connectivity index is 2.08. The number of rotatable bonds is 3. The van der Waals surface area contributed by atoms with Gasteiger partial charge in [-0.2, -0.15) is 0 Å². The molecular weight excluding hydrogens is 114 g/mol. The maximum atomic E-state index is 9.29. The van der Waals surface area contributed by atoms with Crippen molar-refractivity contribution in [1.29, 1.82) is 0 Å². The molecule has 2 heteroatoms. The van der Waals surface area contributed by atoms with E-state index < -0.39 is 0 Å². The predicted octanol–water partition coefficient (Wildman–Crippen LogP) is 0.496. The Morgan fingerprint density at radius 3 is 2.56 bits per heavy atom. The largest absolute Gasteiger partial charge is 0.393 e. The minimum Gasteiger partial charge on any atom is -0.393 e. The number of aliphatic hydroxyl groups excluding tert-OH is 1. The van der Waals surface area contributed by atoms with E-state index in [0.29, 0.717) is 12.5 Å². The SMILES string of the molecule is NCC[C@H](O)C1CCC1. The number of aliphatic hydroxyl groups is 1. The van der Waals surface area contributed by atoms with Crippen LogP contribution in [0.2, 0.25) is 0 Å². The quantitative estimate of drug-likeness (QED) is 0.582. The second-order valence-corrected chi connectivity index (χ2v) is 2.84. The summed E-state index contributed by atoms with van der Waals surface area (Å²) in [6.07, 6.45) is 4.39. The molecule has 0 spiro atoms. The van der Waals surface area contributed by atoms with Crippen molar-refractivity contribution in [1.82, 2.24) is 0 Å². The minimum absolute atomic E-state index is 0.108. The summed E-state index contributed by atoms with van der Waals surface area (Å²) in [4.78, 5) is 0. The van der Waals surface area contributed by atoms with E-state index in [2.05, 4.69) is 0 Å². The highest BCUT2D eigenvalue weighted by Crippen LogP contribution is 2.30. The molecule has 0 aromatic heterocycles. The van der Waals surface area contributed by atoms with Crippen molar-refractivity contribution in [3.05, 3.63) is 0 Å². The van der Waals surface area contributed by atoms with Gasteiger partial charge in [-0.1, -0.05) is 6.42 Å². The highest BCUT2D eigenvalue weighted by atomic mass is 16.3. The minimum atomic E-state index is -0.108. The molecule has 0 bridgehead atoms. The van der Waals surface area contributed by atoms with Crippen LogP contribution in [0.15, 0.2) is 0 Å². The van der Waals surface area contributed by atoms with Crippen LogP contribution in [-0.4, -0.2) is 17.8 Å². The lowest BCUT2D eigenvalue weighted by atomic mass is 9.80. The smallest absolute Gasteiger partial charge is 0.0580 e. The van der Waals surface area contributed by atoms with E-state index in [1.165, 1.54) is 19.3 Å². The third kappa shape index (κ3) is 1.66. The lowest BCUT2D eigenvalue weighted by Crippen LogP contribution is -2.28. The highest BCUT2D eigenvalue weighted by Gasteiger charge is 2.24. The molecule has 1 rings (SSSR count). The molecule has 0 saturated heterocycles. The fourth-order valence-corrected chi connectivity index (χ4v) is 1.23. The van der Waals surface area contributed by atoms with Crippen LogP contribution in [0.4, 0.5) is 0 Å². The Hall–Kier alpha value is -0.0800. The number of hydrogen-bond donors (Lipinski definition) is 2. The van der Waals surface area contributed by atoms with Gasteiger partial charge in [-0.15, -0.1) is 0 Å². The second kappa shape index (κ2) is 3.18. The molecule has 0 aromatic carbocycles. The van der Waals surface area contributed by atoms with Crippen LogP contribution in [0.5, 0.6) is 0 Å². The van der Waals surface area contributed by atoms with Crippen molar-refractivity contribution in [2.24, 2.45) is 11.7 Å². The van der Waals surface area contributed by atoms with Crippen LogP contribution in [0.3, 0.4) is 0 Å². The van der Waals surface area contributed by atoms with Gasteiger partial charge < -0.3 is 10.8 Å². The van der Waals surface area contributed by atoms with E-state index in [0.717, 1.165) is 6.42 Å². The van der Waals surface area contributed by atoms with Crippen LogP contribution in [0.1, 0.15) is 25.7 Å². The predicted molar refractivity (Wildman–Crippen MR) is 37.0 cm³/mol. The van der Waals surface area contributed by atoms with Gasteiger partial charge in [-0.05, 0) is 31.7 Å². The highest BCUT2D eigenvalue weighted by molar-refractivity contribution is 4.76. The lowest BCUT2D eigenvalue weighted by molar-refractivity contribution is 0.0577. The van der Waals surface area contributed by atoms with Crippen molar-refractivity contribution < 1.29 is 5.11 Å². The Morgan fingerprint density at radius 1 is 1.56 bits per heavy atom. The second-order valence-electron chi connectivity index (χ2n) is 2.84. The monoisotopic (exact) mass is 129 g/mol. The summed E-state index contributed by atoms with van der Waals surface area (Å²) in [7, 11) is 0. The zero-order valence-corrected chi connectivity index (χ0v) is 5.71. The molecule has 1 saturated carbocycles. The molecule has 0 heterocycles. The summed E-state index contributed by atoms with van der Waals surface area (Å²) in [5.74, 6) is 0.577. The van der Waals surface area contributed by atoms with Gasteiger partial charge in [0.05, 0.1) is 6.10 Å². The van der Waals surface area contributed by atoms with E-state index in [4.69, 9.17) is 5.73 Å². The summed E-state index contributed by atoms with van der Waals surface area (Å²) in [5, 5.41) is 9.29. The third-order valence-electron chi connectivity index (χ3n) is 2.16. The van der Waals surface area contributed by atoms with Crippen molar-refractivity contribution in [2.45, 2.75) is 31.8 Å². The van der Waals surface area contributed by atoms with E-state index in [-0.39, 0.29) is 6.10 Å². The Morgan fingerprint density at radius 2 is 2.22 bits per heavy atom. The molecule has 0 unspecified atom stereocenters. The molecule has 9 heavy (non-hydrogen) atoms. The number of nitrogens with two attached hydrogens (primary N) is 1.